The first-order valence-electron chi connectivity index (χ1n) is 7.72. The number of aliphatic hydroxyl groups is 1. The number of carbonyl (C=O) groups is 1. The topological polar surface area (TPSA) is 49.3 Å². The summed E-state index contributed by atoms with van der Waals surface area (Å²) in [5.74, 6) is 6.83. The Kier molecular flexibility index (Phi) is 6.78. The molecule has 1 saturated carbocycles. The van der Waals surface area contributed by atoms with E-state index in [0.717, 1.165) is 22.8 Å². The maximum Gasteiger partial charge on any atom is 0.220 e. The van der Waals surface area contributed by atoms with E-state index in [0.29, 0.717) is 19.4 Å². The van der Waals surface area contributed by atoms with Gasteiger partial charge in [-0.25, -0.2) is 0 Å². The summed E-state index contributed by atoms with van der Waals surface area (Å²) < 4.78 is 0. The van der Waals surface area contributed by atoms with Crippen molar-refractivity contribution in [3.63, 3.8) is 0 Å². The standard InChI is InChI=1S/C17H23NO2S/c19-10-4-3-7-15-11-16(21-13-15)12-18-17(20)9-8-14-5-1-2-6-14/h11,13-14,19H,1-2,4-6,8-10,12H2,(H,18,20). The molecule has 114 valence electrons. The molecule has 1 aliphatic rings. The second kappa shape index (κ2) is 8.86. The van der Waals surface area contributed by atoms with E-state index < -0.39 is 0 Å². The van der Waals surface area contributed by atoms with E-state index in [4.69, 9.17) is 5.11 Å². The summed E-state index contributed by atoms with van der Waals surface area (Å²) in [6, 6.07) is 2.01. The summed E-state index contributed by atoms with van der Waals surface area (Å²) in [5, 5.41) is 13.7. The van der Waals surface area contributed by atoms with Crippen LogP contribution in [0.25, 0.3) is 0 Å². The van der Waals surface area contributed by atoms with E-state index in [1.807, 2.05) is 11.4 Å². The molecule has 1 heterocycles. The molecule has 21 heavy (non-hydrogen) atoms. The van der Waals surface area contributed by atoms with Crippen molar-refractivity contribution in [1.29, 1.82) is 0 Å². The van der Waals surface area contributed by atoms with Crippen molar-refractivity contribution < 1.29 is 9.90 Å². The van der Waals surface area contributed by atoms with Crippen LogP contribution in [0.3, 0.4) is 0 Å². The Morgan fingerprint density at radius 2 is 2.24 bits per heavy atom. The normalized spacial score (nSPS) is 14.7. The molecule has 0 saturated heterocycles. The first kappa shape index (κ1) is 16.1. The van der Waals surface area contributed by atoms with Gasteiger partial charge >= 0.3 is 0 Å². The summed E-state index contributed by atoms with van der Waals surface area (Å²) in [4.78, 5) is 13.0. The number of amides is 1. The number of carbonyl (C=O) groups excluding carboxylic acids is 1. The second-order valence-corrected chi connectivity index (χ2v) is 6.54. The molecule has 1 fully saturated rings. The van der Waals surface area contributed by atoms with Gasteiger partial charge in [-0.2, -0.15) is 0 Å². The van der Waals surface area contributed by atoms with E-state index >= 15 is 0 Å². The van der Waals surface area contributed by atoms with Crippen LogP contribution in [0.2, 0.25) is 0 Å². The molecule has 4 heteroatoms. The van der Waals surface area contributed by atoms with E-state index in [9.17, 15) is 4.79 Å². The fourth-order valence-electron chi connectivity index (χ4n) is 2.67. The van der Waals surface area contributed by atoms with Gasteiger partial charge in [-0.05, 0) is 18.4 Å². The molecule has 0 aromatic carbocycles. The molecular formula is C17H23NO2S. The minimum absolute atomic E-state index is 0.0983. The Hall–Kier alpha value is -1.31. The molecule has 2 rings (SSSR count). The molecule has 0 spiro atoms. The lowest BCUT2D eigenvalue weighted by atomic mass is 10.0. The summed E-state index contributed by atoms with van der Waals surface area (Å²) in [6.45, 7) is 0.691. The lowest BCUT2D eigenvalue weighted by Gasteiger charge is -2.08. The Labute approximate surface area is 130 Å². The molecule has 1 amide bonds. The molecule has 1 aliphatic carbocycles. The predicted octanol–water partition coefficient (Wildman–Crippen LogP) is 3.07. The molecule has 0 radical (unpaired) electrons. The van der Waals surface area contributed by atoms with Gasteiger partial charge in [0.1, 0.15) is 0 Å². The zero-order valence-electron chi connectivity index (χ0n) is 12.4. The summed E-state index contributed by atoms with van der Waals surface area (Å²) in [5.41, 5.74) is 0.962. The minimum Gasteiger partial charge on any atom is -0.395 e. The average molecular weight is 305 g/mol. The van der Waals surface area contributed by atoms with Crippen molar-refractivity contribution in [3.8, 4) is 11.8 Å². The van der Waals surface area contributed by atoms with Crippen molar-refractivity contribution in [3.05, 3.63) is 21.9 Å². The van der Waals surface area contributed by atoms with Crippen LogP contribution in [0.4, 0.5) is 0 Å². The van der Waals surface area contributed by atoms with E-state index in [-0.39, 0.29) is 12.5 Å². The molecule has 0 bridgehead atoms. The number of nitrogens with one attached hydrogen (secondary N) is 1. The minimum atomic E-state index is 0.0983. The monoisotopic (exact) mass is 305 g/mol. The van der Waals surface area contributed by atoms with Gasteiger partial charge in [0.25, 0.3) is 0 Å². The lowest BCUT2D eigenvalue weighted by molar-refractivity contribution is -0.121. The molecule has 1 aromatic heterocycles. The van der Waals surface area contributed by atoms with Gasteiger partial charge < -0.3 is 10.4 Å². The lowest BCUT2D eigenvalue weighted by Crippen LogP contribution is -2.22. The summed E-state index contributed by atoms with van der Waals surface area (Å²) >= 11 is 1.61. The van der Waals surface area contributed by atoms with Crippen molar-refractivity contribution >= 4 is 17.2 Å². The molecule has 0 aliphatic heterocycles. The molecule has 0 atom stereocenters. The third-order valence-corrected chi connectivity index (χ3v) is 4.77. The van der Waals surface area contributed by atoms with E-state index in [1.54, 1.807) is 11.3 Å². The van der Waals surface area contributed by atoms with Crippen molar-refractivity contribution in [1.82, 2.24) is 5.32 Å². The van der Waals surface area contributed by atoms with Gasteiger partial charge in [0.2, 0.25) is 5.91 Å². The third kappa shape index (κ3) is 5.91. The highest BCUT2D eigenvalue weighted by molar-refractivity contribution is 7.10. The summed E-state index contributed by atoms with van der Waals surface area (Å²) in [7, 11) is 0. The fraction of sp³-hybridized carbons (Fsp3) is 0.588. The average Bonchev–Trinajstić information content (AvgIpc) is 3.15. The van der Waals surface area contributed by atoms with Crippen LogP contribution in [-0.4, -0.2) is 17.6 Å². The maximum absolute atomic E-state index is 11.8. The fourth-order valence-corrected chi connectivity index (χ4v) is 3.42. The molecule has 0 unspecified atom stereocenters. The highest BCUT2D eigenvalue weighted by Gasteiger charge is 2.15. The Balaban J connectivity index is 1.67. The van der Waals surface area contributed by atoms with Crippen LogP contribution in [0.5, 0.6) is 0 Å². The molecule has 1 aromatic rings. The largest absolute Gasteiger partial charge is 0.395 e. The van der Waals surface area contributed by atoms with Crippen LogP contribution in [0.1, 0.15) is 55.4 Å². The zero-order valence-corrected chi connectivity index (χ0v) is 13.2. The van der Waals surface area contributed by atoms with Crippen LogP contribution in [-0.2, 0) is 11.3 Å². The van der Waals surface area contributed by atoms with Gasteiger partial charge in [-0.1, -0.05) is 37.5 Å². The van der Waals surface area contributed by atoms with Crippen LogP contribution in [0.15, 0.2) is 11.4 Å². The van der Waals surface area contributed by atoms with Crippen LogP contribution in [0, 0.1) is 17.8 Å². The smallest absolute Gasteiger partial charge is 0.220 e. The number of thiophene rings is 1. The van der Waals surface area contributed by atoms with Crippen molar-refractivity contribution in [2.45, 2.75) is 51.5 Å². The number of hydrogen-bond donors (Lipinski definition) is 2. The Morgan fingerprint density at radius 3 is 3.00 bits per heavy atom. The quantitative estimate of drug-likeness (QED) is 0.794. The van der Waals surface area contributed by atoms with Crippen LogP contribution < -0.4 is 5.32 Å². The predicted molar refractivity (Wildman–Crippen MR) is 85.9 cm³/mol. The van der Waals surface area contributed by atoms with Gasteiger partial charge in [0, 0.05) is 28.7 Å². The number of hydrogen-bond acceptors (Lipinski definition) is 3. The van der Waals surface area contributed by atoms with Gasteiger partial charge in [0.15, 0.2) is 0 Å². The van der Waals surface area contributed by atoms with E-state index in [2.05, 4.69) is 17.2 Å². The summed E-state index contributed by atoms with van der Waals surface area (Å²) in [6.07, 6.45) is 7.46. The van der Waals surface area contributed by atoms with Crippen LogP contribution >= 0.6 is 11.3 Å². The highest BCUT2D eigenvalue weighted by atomic mass is 32.1. The van der Waals surface area contributed by atoms with Gasteiger partial charge in [-0.3, -0.25) is 4.79 Å². The van der Waals surface area contributed by atoms with Crippen molar-refractivity contribution in [2.24, 2.45) is 5.92 Å². The zero-order chi connectivity index (χ0) is 14.9. The second-order valence-electron chi connectivity index (χ2n) is 5.54. The van der Waals surface area contributed by atoms with Gasteiger partial charge in [-0.15, -0.1) is 11.3 Å². The SMILES string of the molecule is O=C(CCC1CCCC1)NCc1cc(C#CCCO)cs1. The van der Waals surface area contributed by atoms with Crippen molar-refractivity contribution in [2.75, 3.05) is 6.61 Å². The number of aliphatic hydroxyl groups excluding tert-OH is 1. The third-order valence-electron chi connectivity index (χ3n) is 3.84. The molecule has 2 N–H and O–H groups in total. The molecular weight excluding hydrogens is 282 g/mol. The Bertz CT molecular complexity index is 506. The number of rotatable bonds is 6. The first-order valence-corrected chi connectivity index (χ1v) is 8.59. The highest BCUT2D eigenvalue weighted by Crippen LogP contribution is 2.28. The first-order chi connectivity index (χ1) is 10.3. The molecule has 3 nitrogen and oxygen atoms in total. The van der Waals surface area contributed by atoms with E-state index in [1.165, 1.54) is 25.7 Å². The Morgan fingerprint density at radius 1 is 1.43 bits per heavy atom. The van der Waals surface area contributed by atoms with Gasteiger partial charge in [0.05, 0.1) is 13.2 Å². The maximum atomic E-state index is 11.8.